The second-order valence-corrected chi connectivity index (χ2v) is 7.30. The number of rotatable bonds is 5. The molecule has 0 radical (unpaired) electrons. The molecule has 0 saturated heterocycles. The van der Waals surface area contributed by atoms with Gasteiger partial charge in [-0.2, -0.15) is 0 Å². The van der Waals surface area contributed by atoms with Crippen LogP contribution in [0.4, 0.5) is 0 Å². The minimum atomic E-state index is 0.0567. The molecule has 2 heteroatoms. The van der Waals surface area contributed by atoms with Crippen molar-refractivity contribution in [3.63, 3.8) is 0 Å². The van der Waals surface area contributed by atoms with Crippen LogP contribution >= 0.6 is 0 Å². The first-order valence-corrected chi connectivity index (χ1v) is 8.70. The Labute approximate surface area is 135 Å². The molecule has 3 rings (SSSR count). The number of likely N-dealkylation sites (N-methyl/N-ethyl adjacent to an activating group) is 1. The van der Waals surface area contributed by atoms with Gasteiger partial charge in [0.15, 0.2) is 0 Å². The Balaban J connectivity index is 1.70. The van der Waals surface area contributed by atoms with Crippen LogP contribution in [0, 0.1) is 0 Å². The number of para-hydroxylation sites is 1. The molecule has 0 unspecified atom stereocenters. The Morgan fingerprint density at radius 2 is 2.14 bits per heavy atom. The highest BCUT2D eigenvalue weighted by molar-refractivity contribution is 5.43. The molecule has 2 aliphatic rings. The molecule has 0 spiro atoms. The summed E-state index contributed by atoms with van der Waals surface area (Å²) in [6.45, 7) is 6.48. The molecule has 0 amide bonds. The van der Waals surface area contributed by atoms with Gasteiger partial charge in [0.1, 0.15) is 11.4 Å². The molecule has 1 aliphatic heterocycles. The monoisotopic (exact) mass is 299 g/mol. The molecule has 1 saturated carbocycles. The summed E-state index contributed by atoms with van der Waals surface area (Å²) >= 11 is 0. The summed E-state index contributed by atoms with van der Waals surface area (Å²) in [5.41, 5.74) is 2.90. The first-order valence-electron chi connectivity index (χ1n) is 8.70. The molecule has 0 bridgehead atoms. The number of hydrogen-bond acceptors (Lipinski definition) is 2. The predicted molar refractivity (Wildman–Crippen MR) is 92.6 cm³/mol. The Morgan fingerprint density at radius 1 is 1.32 bits per heavy atom. The molecule has 1 aliphatic carbocycles. The van der Waals surface area contributed by atoms with Crippen LogP contribution in [0.2, 0.25) is 0 Å². The molecular weight excluding hydrogens is 270 g/mol. The van der Waals surface area contributed by atoms with E-state index in [-0.39, 0.29) is 5.60 Å². The van der Waals surface area contributed by atoms with Crippen LogP contribution in [0.15, 0.2) is 35.9 Å². The lowest BCUT2D eigenvalue weighted by atomic mass is 9.72. The average Bonchev–Trinajstić information content (AvgIpc) is 2.85. The van der Waals surface area contributed by atoms with E-state index in [2.05, 4.69) is 56.1 Å². The van der Waals surface area contributed by atoms with E-state index in [1.54, 1.807) is 0 Å². The minimum absolute atomic E-state index is 0.0567. The highest BCUT2D eigenvalue weighted by Gasteiger charge is 2.48. The number of fused-ring (bicyclic) bond motifs is 3. The summed E-state index contributed by atoms with van der Waals surface area (Å²) < 4.78 is 6.53. The van der Waals surface area contributed by atoms with Crippen molar-refractivity contribution in [2.24, 2.45) is 0 Å². The average molecular weight is 299 g/mol. The lowest BCUT2D eigenvalue weighted by Crippen LogP contribution is -2.43. The number of benzene rings is 1. The van der Waals surface area contributed by atoms with Gasteiger partial charge in [-0.3, -0.25) is 0 Å². The van der Waals surface area contributed by atoms with Gasteiger partial charge in [-0.15, -0.1) is 0 Å². The van der Waals surface area contributed by atoms with E-state index in [4.69, 9.17) is 4.74 Å². The summed E-state index contributed by atoms with van der Waals surface area (Å²) in [5, 5.41) is 0. The van der Waals surface area contributed by atoms with Crippen LogP contribution in [-0.4, -0.2) is 30.6 Å². The standard InChI is InChI=1S/C20H29NO/c1-16(2)11-14-21(3)15-13-20-12-7-6-9-18(20)17-8-4-5-10-19(17)22-20/h4-5,8,10-11,18H,6-7,9,12-15H2,1-3H3/t18-,20+/m1/s1. The zero-order chi connectivity index (χ0) is 15.6. The topological polar surface area (TPSA) is 12.5 Å². The van der Waals surface area contributed by atoms with Crippen molar-refractivity contribution in [2.75, 3.05) is 20.1 Å². The van der Waals surface area contributed by atoms with Crippen molar-refractivity contribution < 1.29 is 4.74 Å². The second kappa shape index (κ2) is 6.45. The van der Waals surface area contributed by atoms with E-state index in [0.29, 0.717) is 5.92 Å². The van der Waals surface area contributed by atoms with Crippen LogP contribution < -0.4 is 4.74 Å². The first kappa shape index (κ1) is 15.6. The van der Waals surface area contributed by atoms with Crippen LogP contribution in [-0.2, 0) is 0 Å². The molecule has 22 heavy (non-hydrogen) atoms. The maximum Gasteiger partial charge on any atom is 0.123 e. The van der Waals surface area contributed by atoms with Crippen LogP contribution in [0.5, 0.6) is 5.75 Å². The zero-order valence-corrected chi connectivity index (χ0v) is 14.3. The van der Waals surface area contributed by atoms with Crippen molar-refractivity contribution in [1.29, 1.82) is 0 Å². The van der Waals surface area contributed by atoms with Gasteiger partial charge in [0, 0.05) is 31.0 Å². The highest BCUT2D eigenvalue weighted by atomic mass is 16.5. The summed E-state index contributed by atoms with van der Waals surface area (Å²) in [5.74, 6) is 1.75. The van der Waals surface area contributed by atoms with Gasteiger partial charge in [-0.25, -0.2) is 0 Å². The van der Waals surface area contributed by atoms with Crippen molar-refractivity contribution in [2.45, 2.75) is 57.5 Å². The van der Waals surface area contributed by atoms with E-state index < -0.39 is 0 Å². The molecule has 0 N–H and O–H groups in total. The maximum absolute atomic E-state index is 6.53. The Morgan fingerprint density at radius 3 is 2.95 bits per heavy atom. The fourth-order valence-electron chi connectivity index (χ4n) is 4.01. The largest absolute Gasteiger partial charge is 0.486 e. The molecule has 1 fully saturated rings. The number of hydrogen-bond donors (Lipinski definition) is 0. The zero-order valence-electron chi connectivity index (χ0n) is 14.3. The third-order valence-corrected chi connectivity index (χ3v) is 5.31. The van der Waals surface area contributed by atoms with Crippen molar-refractivity contribution in [3.8, 4) is 5.75 Å². The van der Waals surface area contributed by atoms with Crippen LogP contribution in [0.25, 0.3) is 0 Å². The normalized spacial score (nSPS) is 26.3. The molecule has 0 aromatic heterocycles. The smallest absolute Gasteiger partial charge is 0.123 e. The van der Waals surface area contributed by atoms with Gasteiger partial charge in [0.25, 0.3) is 0 Å². The highest BCUT2D eigenvalue weighted by Crippen LogP contribution is 2.53. The number of nitrogens with zero attached hydrogens (tertiary/aromatic N) is 1. The van der Waals surface area contributed by atoms with E-state index in [0.717, 1.165) is 25.3 Å². The quantitative estimate of drug-likeness (QED) is 0.727. The summed E-state index contributed by atoms with van der Waals surface area (Å²) in [6.07, 6.45) is 8.59. The van der Waals surface area contributed by atoms with E-state index in [1.165, 1.54) is 36.8 Å². The van der Waals surface area contributed by atoms with Crippen molar-refractivity contribution >= 4 is 0 Å². The molecule has 1 aromatic carbocycles. The van der Waals surface area contributed by atoms with Crippen molar-refractivity contribution in [3.05, 3.63) is 41.5 Å². The predicted octanol–water partition coefficient (Wildman–Crippen LogP) is 4.76. The third-order valence-electron chi connectivity index (χ3n) is 5.31. The van der Waals surface area contributed by atoms with Gasteiger partial charge < -0.3 is 9.64 Å². The van der Waals surface area contributed by atoms with Gasteiger partial charge >= 0.3 is 0 Å². The van der Waals surface area contributed by atoms with Crippen LogP contribution in [0.1, 0.15) is 57.4 Å². The maximum atomic E-state index is 6.53. The summed E-state index contributed by atoms with van der Waals surface area (Å²) in [4.78, 5) is 2.42. The third kappa shape index (κ3) is 3.08. The van der Waals surface area contributed by atoms with Gasteiger partial charge in [-0.05, 0) is 46.2 Å². The summed E-state index contributed by atoms with van der Waals surface area (Å²) in [6, 6.07) is 8.70. The van der Waals surface area contributed by atoms with Crippen molar-refractivity contribution in [1.82, 2.24) is 4.90 Å². The van der Waals surface area contributed by atoms with E-state index in [1.807, 2.05) is 0 Å². The lowest BCUT2D eigenvalue weighted by Gasteiger charge is -2.39. The number of ether oxygens (including phenoxy) is 1. The first-order chi connectivity index (χ1) is 10.6. The molecule has 1 heterocycles. The van der Waals surface area contributed by atoms with Gasteiger partial charge in [0.05, 0.1) is 0 Å². The molecule has 2 atom stereocenters. The molecule has 120 valence electrons. The van der Waals surface area contributed by atoms with Gasteiger partial charge in [-0.1, -0.05) is 36.3 Å². The Kier molecular flexibility index (Phi) is 4.58. The second-order valence-electron chi connectivity index (χ2n) is 7.30. The SMILES string of the molecule is CC(C)=CCN(C)CC[C@@]12CCCC[C@@H]1c1ccccc1O2. The van der Waals surface area contributed by atoms with E-state index >= 15 is 0 Å². The lowest BCUT2D eigenvalue weighted by molar-refractivity contribution is 0.0205. The fourth-order valence-corrected chi connectivity index (χ4v) is 4.01. The van der Waals surface area contributed by atoms with Gasteiger partial charge in [0.2, 0.25) is 0 Å². The Hall–Kier alpha value is -1.28. The Bertz CT molecular complexity index is 546. The fraction of sp³-hybridized carbons (Fsp3) is 0.600. The number of allylic oxidation sites excluding steroid dienone is 1. The molecule has 1 aromatic rings. The van der Waals surface area contributed by atoms with E-state index in [9.17, 15) is 0 Å². The molecule has 2 nitrogen and oxygen atoms in total. The van der Waals surface area contributed by atoms with Crippen LogP contribution in [0.3, 0.4) is 0 Å². The summed E-state index contributed by atoms with van der Waals surface area (Å²) in [7, 11) is 2.22. The molecular formula is C20H29NO. The minimum Gasteiger partial charge on any atom is -0.486 e.